The summed E-state index contributed by atoms with van der Waals surface area (Å²) in [4.78, 5) is 0. The van der Waals surface area contributed by atoms with Crippen molar-refractivity contribution in [2.24, 2.45) is 22.7 Å². The first-order chi connectivity index (χ1) is 8.00. The van der Waals surface area contributed by atoms with Crippen LogP contribution in [0, 0.1) is 34.0 Å². The van der Waals surface area contributed by atoms with E-state index in [1.54, 1.807) is 0 Å². The molecule has 0 aromatic rings. The van der Waals surface area contributed by atoms with Crippen LogP contribution in [0.3, 0.4) is 0 Å². The van der Waals surface area contributed by atoms with Crippen molar-refractivity contribution in [3.8, 4) is 6.07 Å². The van der Waals surface area contributed by atoms with Crippen LogP contribution in [0.15, 0.2) is 0 Å². The summed E-state index contributed by atoms with van der Waals surface area (Å²) in [7, 11) is 0. The molecule has 3 heteroatoms. The number of rotatable bonds is 2. The molecule has 0 radical (unpaired) electrons. The lowest BCUT2D eigenvalue weighted by Gasteiger charge is -2.38. The molecule has 0 aromatic carbocycles. The molecule has 2 bridgehead atoms. The summed E-state index contributed by atoms with van der Waals surface area (Å²) in [5, 5.41) is 8.55. The highest BCUT2D eigenvalue weighted by atomic mass is 16.7. The minimum atomic E-state index is -0.138. The van der Waals surface area contributed by atoms with Crippen LogP contribution < -0.4 is 0 Å². The van der Waals surface area contributed by atoms with Gasteiger partial charge in [-0.15, -0.1) is 0 Å². The van der Waals surface area contributed by atoms with Crippen molar-refractivity contribution in [1.29, 1.82) is 5.26 Å². The summed E-state index contributed by atoms with van der Waals surface area (Å²) in [6.45, 7) is 7.33. The fourth-order valence-electron chi connectivity index (χ4n) is 4.72. The molecule has 17 heavy (non-hydrogen) atoms. The maximum Gasteiger partial charge on any atom is 0.159 e. The van der Waals surface area contributed by atoms with E-state index in [0.29, 0.717) is 22.9 Å². The van der Waals surface area contributed by atoms with Gasteiger partial charge < -0.3 is 9.47 Å². The third kappa shape index (κ3) is 1.29. The Kier molecular flexibility index (Phi) is 2.34. The molecule has 3 aliphatic rings. The van der Waals surface area contributed by atoms with Gasteiger partial charge in [-0.3, -0.25) is 0 Å². The van der Waals surface area contributed by atoms with Gasteiger partial charge in [0.05, 0.1) is 12.2 Å². The van der Waals surface area contributed by atoms with Gasteiger partial charge in [0.25, 0.3) is 0 Å². The molecule has 0 spiro atoms. The van der Waals surface area contributed by atoms with Crippen LogP contribution in [0.25, 0.3) is 0 Å². The molecule has 3 fully saturated rings. The van der Waals surface area contributed by atoms with Gasteiger partial charge in [0.2, 0.25) is 0 Å². The number of ether oxygens (including phenoxy) is 2. The number of nitriles is 1. The van der Waals surface area contributed by atoms with Gasteiger partial charge in [-0.05, 0) is 35.5 Å². The standard InChI is InChI=1S/C14H21NO2/c1-13(2)10-4-5-14(13,3)12-9(10)8-11(17-12)16-7-6-15/h9-12H,4-5,7-8H2,1-3H3/t9-,10+,11-,12-,14-/m0/s1. The summed E-state index contributed by atoms with van der Waals surface area (Å²) in [5.74, 6) is 1.42. The third-order valence-corrected chi connectivity index (χ3v) is 6.00. The van der Waals surface area contributed by atoms with Crippen LogP contribution in [0.5, 0.6) is 0 Å². The lowest BCUT2D eigenvalue weighted by atomic mass is 9.70. The molecular weight excluding hydrogens is 214 g/mol. The summed E-state index contributed by atoms with van der Waals surface area (Å²) in [6, 6.07) is 2.02. The number of nitrogens with zero attached hydrogens (tertiary/aromatic N) is 1. The Hall–Kier alpha value is -0.590. The van der Waals surface area contributed by atoms with E-state index in [2.05, 4.69) is 20.8 Å². The van der Waals surface area contributed by atoms with Crippen LogP contribution in [0.1, 0.15) is 40.0 Å². The van der Waals surface area contributed by atoms with Crippen molar-refractivity contribution in [2.45, 2.75) is 52.4 Å². The average molecular weight is 235 g/mol. The number of hydrogen-bond donors (Lipinski definition) is 0. The van der Waals surface area contributed by atoms with Gasteiger partial charge in [-0.2, -0.15) is 5.26 Å². The molecular formula is C14H21NO2. The molecule has 1 saturated heterocycles. The molecule has 1 heterocycles. The zero-order valence-corrected chi connectivity index (χ0v) is 10.9. The van der Waals surface area contributed by atoms with E-state index in [-0.39, 0.29) is 12.9 Å². The first-order valence-corrected chi connectivity index (χ1v) is 6.65. The minimum absolute atomic E-state index is 0.138. The molecule has 1 aliphatic heterocycles. The van der Waals surface area contributed by atoms with Gasteiger partial charge in [0, 0.05) is 6.42 Å². The fourth-order valence-corrected chi connectivity index (χ4v) is 4.72. The maximum atomic E-state index is 8.55. The van der Waals surface area contributed by atoms with E-state index >= 15 is 0 Å². The Morgan fingerprint density at radius 2 is 2.18 bits per heavy atom. The quantitative estimate of drug-likeness (QED) is 0.739. The van der Waals surface area contributed by atoms with Gasteiger partial charge >= 0.3 is 0 Å². The lowest BCUT2D eigenvalue weighted by molar-refractivity contribution is -0.157. The SMILES string of the molecule is CC1(C)[C@@H]2CC[C@@]1(C)[C@H]1O[C@H](OCC#N)C[C@@H]21. The summed E-state index contributed by atoms with van der Waals surface area (Å²) in [5.41, 5.74) is 0.690. The lowest BCUT2D eigenvalue weighted by Crippen LogP contribution is -2.37. The van der Waals surface area contributed by atoms with Crippen molar-refractivity contribution < 1.29 is 9.47 Å². The number of fused-ring (bicyclic) bond motifs is 5. The Morgan fingerprint density at radius 1 is 1.41 bits per heavy atom. The largest absolute Gasteiger partial charge is 0.348 e. The van der Waals surface area contributed by atoms with Gasteiger partial charge in [-0.1, -0.05) is 20.8 Å². The monoisotopic (exact) mass is 235 g/mol. The Morgan fingerprint density at radius 3 is 2.82 bits per heavy atom. The Bertz CT molecular complexity index is 373. The second kappa shape index (κ2) is 3.46. The maximum absolute atomic E-state index is 8.55. The second-order valence-electron chi connectivity index (χ2n) is 6.64. The van der Waals surface area contributed by atoms with Gasteiger partial charge in [0.15, 0.2) is 6.29 Å². The predicted molar refractivity (Wildman–Crippen MR) is 62.9 cm³/mol. The van der Waals surface area contributed by atoms with Crippen LogP contribution in [0.2, 0.25) is 0 Å². The van der Waals surface area contributed by atoms with E-state index in [4.69, 9.17) is 14.7 Å². The van der Waals surface area contributed by atoms with Crippen molar-refractivity contribution in [3.05, 3.63) is 0 Å². The van der Waals surface area contributed by atoms with Crippen molar-refractivity contribution in [3.63, 3.8) is 0 Å². The van der Waals surface area contributed by atoms with E-state index in [0.717, 1.165) is 12.3 Å². The first-order valence-electron chi connectivity index (χ1n) is 6.65. The van der Waals surface area contributed by atoms with Gasteiger partial charge in [0.1, 0.15) is 6.61 Å². The molecule has 3 rings (SSSR count). The Balaban J connectivity index is 1.79. The molecule has 5 atom stereocenters. The topological polar surface area (TPSA) is 42.2 Å². The highest BCUT2D eigenvalue weighted by molar-refractivity contribution is 5.16. The van der Waals surface area contributed by atoms with E-state index in [1.807, 2.05) is 6.07 Å². The molecule has 2 saturated carbocycles. The molecule has 0 aromatic heterocycles. The third-order valence-electron chi connectivity index (χ3n) is 6.00. The van der Waals surface area contributed by atoms with Crippen LogP contribution in [-0.2, 0) is 9.47 Å². The van der Waals surface area contributed by atoms with Crippen LogP contribution in [0.4, 0.5) is 0 Å². The van der Waals surface area contributed by atoms with E-state index in [1.165, 1.54) is 12.8 Å². The molecule has 0 N–H and O–H groups in total. The molecule has 2 aliphatic carbocycles. The van der Waals surface area contributed by atoms with Crippen molar-refractivity contribution in [2.75, 3.05) is 6.61 Å². The minimum Gasteiger partial charge on any atom is -0.348 e. The smallest absolute Gasteiger partial charge is 0.159 e. The molecule has 3 nitrogen and oxygen atoms in total. The second-order valence-corrected chi connectivity index (χ2v) is 6.64. The number of hydrogen-bond acceptors (Lipinski definition) is 3. The fraction of sp³-hybridized carbons (Fsp3) is 0.929. The highest BCUT2D eigenvalue weighted by Gasteiger charge is 2.69. The normalized spacial score (nSPS) is 50.2. The molecule has 0 amide bonds. The molecule has 94 valence electrons. The zero-order valence-electron chi connectivity index (χ0n) is 10.9. The average Bonchev–Trinajstić information content (AvgIpc) is 2.83. The molecule has 0 unspecified atom stereocenters. The van der Waals surface area contributed by atoms with Gasteiger partial charge in [-0.25, -0.2) is 0 Å². The highest BCUT2D eigenvalue weighted by Crippen LogP contribution is 2.71. The summed E-state index contributed by atoms with van der Waals surface area (Å²) < 4.78 is 11.5. The van der Waals surface area contributed by atoms with Crippen LogP contribution in [-0.4, -0.2) is 19.0 Å². The summed E-state index contributed by atoms with van der Waals surface area (Å²) in [6.07, 6.45) is 3.80. The van der Waals surface area contributed by atoms with Crippen LogP contribution >= 0.6 is 0 Å². The first kappa shape index (κ1) is 11.5. The summed E-state index contributed by atoms with van der Waals surface area (Å²) >= 11 is 0. The van der Waals surface area contributed by atoms with E-state index in [9.17, 15) is 0 Å². The van der Waals surface area contributed by atoms with Crippen molar-refractivity contribution >= 4 is 0 Å². The predicted octanol–water partition coefficient (Wildman–Crippen LogP) is 2.71. The van der Waals surface area contributed by atoms with Crippen molar-refractivity contribution in [1.82, 2.24) is 0 Å². The van der Waals surface area contributed by atoms with E-state index < -0.39 is 0 Å². The Labute approximate surface area is 103 Å². The zero-order chi connectivity index (χ0) is 12.3.